The van der Waals surface area contributed by atoms with Crippen LogP contribution < -0.4 is 0 Å². The summed E-state index contributed by atoms with van der Waals surface area (Å²) in [6.45, 7) is 2.39. The van der Waals surface area contributed by atoms with E-state index in [1.807, 2.05) is 0 Å². The van der Waals surface area contributed by atoms with Crippen LogP contribution in [0.25, 0.3) is 0 Å². The molecule has 5 heteroatoms. The van der Waals surface area contributed by atoms with E-state index in [9.17, 15) is 9.59 Å². The molecule has 0 radical (unpaired) electrons. The summed E-state index contributed by atoms with van der Waals surface area (Å²) in [4.78, 5) is 24.9. The molecule has 1 fully saturated rings. The summed E-state index contributed by atoms with van der Waals surface area (Å²) in [6.07, 6.45) is 0. The van der Waals surface area contributed by atoms with Gasteiger partial charge < -0.3 is 10.0 Å². The molecule has 1 aliphatic heterocycles. The summed E-state index contributed by atoms with van der Waals surface area (Å²) < 4.78 is 0. The number of hydrogen-bond donors (Lipinski definition) is 1. The minimum atomic E-state index is -0.295. The van der Waals surface area contributed by atoms with Crippen LogP contribution in [0.3, 0.4) is 0 Å². The third kappa shape index (κ3) is 1.40. The van der Waals surface area contributed by atoms with E-state index in [0.717, 1.165) is 0 Å². The zero-order valence-corrected chi connectivity index (χ0v) is 6.99. The van der Waals surface area contributed by atoms with Gasteiger partial charge in [-0.05, 0) is 6.92 Å². The quantitative estimate of drug-likeness (QED) is 0.570. The second-order valence-corrected chi connectivity index (χ2v) is 2.57. The number of rotatable bonds is 3. The highest BCUT2D eigenvalue weighted by molar-refractivity contribution is 6.01. The molecule has 1 aliphatic rings. The van der Waals surface area contributed by atoms with E-state index >= 15 is 0 Å². The van der Waals surface area contributed by atoms with E-state index in [-0.39, 0.29) is 31.6 Å². The molecule has 0 aromatic heterocycles. The predicted molar refractivity (Wildman–Crippen MR) is 41.4 cm³/mol. The van der Waals surface area contributed by atoms with Crippen LogP contribution in [0, 0.1) is 0 Å². The standard InChI is InChI=1S/C7H12N2O3/c1-2-9-6(11)5-8(3-4-10)7(9)12/h10H,2-5H2,1H3. The van der Waals surface area contributed by atoms with E-state index in [4.69, 9.17) is 5.11 Å². The van der Waals surface area contributed by atoms with E-state index in [0.29, 0.717) is 6.54 Å². The van der Waals surface area contributed by atoms with Crippen molar-refractivity contribution < 1.29 is 14.7 Å². The molecule has 12 heavy (non-hydrogen) atoms. The van der Waals surface area contributed by atoms with Crippen molar-refractivity contribution in [3.63, 3.8) is 0 Å². The maximum absolute atomic E-state index is 11.3. The van der Waals surface area contributed by atoms with Gasteiger partial charge in [-0.1, -0.05) is 0 Å². The number of carbonyl (C=O) groups is 2. The molecule has 0 atom stereocenters. The zero-order chi connectivity index (χ0) is 9.14. The monoisotopic (exact) mass is 172 g/mol. The van der Waals surface area contributed by atoms with Crippen LogP contribution in [0.1, 0.15) is 6.92 Å². The Bertz CT molecular complexity index is 205. The second kappa shape index (κ2) is 3.53. The van der Waals surface area contributed by atoms with Crippen molar-refractivity contribution in [2.24, 2.45) is 0 Å². The number of likely N-dealkylation sites (N-methyl/N-ethyl adjacent to an activating group) is 1. The first-order chi connectivity index (χ1) is 5.70. The number of aliphatic hydroxyl groups is 1. The minimum absolute atomic E-state index is 0.101. The molecule has 0 bridgehead atoms. The Balaban J connectivity index is 2.62. The molecule has 3 amide bonds. The van der Waals surface area contributed by atoms with Gasteiger partial charge >= 0.3 is 6.03 Å². The molecule has 0 spiro atoms. The number of hydrogen-bond acceptors (Lipinski definition) is 3. The lowest BCUT2D eigenvalue weighted by Gasteiger charge is -2.13. The van der Waals surface area contributed by atoms with Gasteiger partial charge in [0.1, 0.15) is 6.54 Å². The van der Waals surface area contributed by atoms with Crippen LogP contribution in [0.15, 0.2) is 0 Å². The van der Waals surface area contributed by atoms with E-state index in [1.54, 1.807) is 6.92 Å². The highest BCUT2D eigenvalue weighted by Crippen LogP contribution is 2.08. The van der Waals surface area contributed by atoms with Gasteiger partial charge in [-0.25, -0.2) is 4.79 Å². The molecule has 68 valence electrons. The number of imide groups is 1. The third-order valence-electron chi connectivity index (χ3n) is 1.81. The highest BCUT2D eigenvalue weighted by Gasteiger charge is 2.33. The highest BCUT2D eigenvalue weighted by atomic mass is 16.3. The van der Waals surface area contributed by atoms with Crippen LogP contribution >= 0.6 is 0 Å². The Morgan fingerprint density at radius 1 is 1.50 bits per heavy atom. The van der Waals surface area contributed by atoms with Gasteiger partial charge in [0, 0.05) is 13.1 Å². The number of nitrogens with zero attached hydrogens (tertiary/aromatic N) is 2. The maximum Gasteiger partial charge on any atom is 0.327 e. The van der Waals surface area contributed by atoms with Gasteiger partial charge in [-0.3, -0.25) is 9.69 Å². The summed E-state index contributed by atoms with van der Waals surface area (Å²) >= 11 is 0. The third-order valence-corrected chi connectivity index (χ3v) is 1.81. The molecule has 0 aromatic carbocycles. The molecule has 1 rings (SSSR count). The van der Waals surface area contributed by atoms with Gasteiger partial charge in [0.25, 0.3) is 0 Å². The fourth-order valence-corrected chi connectivity index (χ4v) is 1.20. The normalized spacial score (nSPS) is 17.8. The summed E-state index contributed by atoms with van der Waals surface area (Å²) in [6, 6.07) is -0.295. The van der Waals surface area contributed by atoms with Crippen molar-refractivity contribution in [3.8, 4) is 0 Å². The molecule has 5 nitrogen and oxygen atoms in total. The molecule has 1 saturated heterocycles. The van der Waals surface area contributed by atoms with Gasteiger partial charge in [0.05, 0.1) is 6.61 Å². The summed E-state index contributed by atoms with van der Waals surface area (Å²) in [5.41, 5.74) is 0. The first-order valence-electron chi connectivity index (χ1n) is 3.90. The van der Waals surface area contributed by atoms with E-state index in [2.05, 4.69) is 0 Å². The van der Waals surface area contributed by atoms with Gasteiger partial charge in [-0.2, -0.15) is 0 Å². The Labute approximate surface area is 70.6 Å². The molecular weight excluding hydrogens is 160 g/mol. The van der Waals surface area contributed by atoms with Crippen LogP contribution in [-0.4, -0.2) is 53.1 Å². The Hall–Kier alpha value is -1.10. The molecule has 0 saturated carbocycles. The predicted octanol–water partition coefficient (Wildman–Crippen LogP) is -0.737. The summed E-state index contributed by atoms with van der Waals surface area (Å²) in [5, 5.41) is 8.57. The summed E-state index contributed by atoms with van der Waals surface area (Å²) in [7, 11) is 0. The van der Waals surface area contributed by atoms with Gasteiger partial charge in [-0.15, -0.1) is 0 Å². The van der Waals surface area contributed by atoms with Crippen LogP contribution in [0.5, 0.6) is 0 Å². The lowest BCUT2D eigenvalue weighted by atomic mass is 10.5. The number of carbonyl (C=O) groups excluding carboxylic acids is 2. The first kappa shape index (κ1) is 8.99. The fourth-order valence-electron chi connectivity index (χ4n) is 1.20. The Morgan fingerprint density at radius 2 is 2.17 bits per heavy atom. The molecule has 0 unspecified atom stereocenters. The first-order valence-corrected chi connectivity index (χ1v) is 3.90. The maximum atomic E-state index is 11.3. The second-order valence-electron chi connectivity index (χ2n) is 2.57. The van der Waals surface area contributed by atoms with E-state index in [1.165, 1.54) is 9.80 Å². The van der Waals surface area contributed by atoms with Crippen LogP contribution in [-0.2, 0) is 4.79 Å². The molecule has 1 heterocycles. The van der Waals surface area contributed by atoms with Crippen LogP contribution in [0.4, 0.5) is 4.79 Å². The molecular formula is C7H12N2O3. The average molecular weight is 172 g/mol. The smallest absolute Gasteiger partial charge is 0.327 e. The molecule has 1 N–H and O–H groups in total. The van der Waals surface area contributed by atoms with Crippen molar-refractivity contribution in [3.05, 3.63) is 0 Å². The number of urea groups is 1. The Morgan fingerprint density at radius 3 is 2.58 bits per heavy atom. The number of amides is 3. The SMILES string of the molecule is CCN1C(=O)CN(CCO)C1=O. The van der Waals surface area contributed by atoms with Gasteiger partial charge in [0.15, 0.2) is 0 Å². The van der Waals surface area contributed by atoms with Crippen molar-refractivity contribution in [1.82, 2.24) is 9.80 Å². The van der Waals surface area contributed by atoms with Crippen molar-refractivity contribution in [2.45, 2.75) is 6.92 Å². The number of β-amino-alcohol motifs (C(OH)–C–C–N with tert-alkyl or cyclic N) is 1. The van der Waals surface area contributed by atoms with E-state index < -0.39 is 0 Å². The van der Waals surface area contributed by atoms with Crippen molar-refractivity contribution in [2.75, 3.05) is 26.2 Å². The number of aliphatic hydroxyl groups excluding tert-OH is 1. The largest absolute Gasteiger partial charge is 0.395 e. The fraction of sp³-hybridized carbons (Fsp3) is 0.714. The minimum Gasteiger partial charge on any atom is -0.395 e. The Kier molecular flexibility index (Phi) is 2.65. The van der Waals surface area contributed by atoms with Gasteiger partial charge in [0.2, 0.25) is 5.91 Å². The molecule has 0 aliphatic carbocycles. The lowest BCUT2D eigenvalue weighted by Crippen LogP contribution is -2.34. The summed E-state index contributed by atoms with van der Waals surface area (Å²) in [5.74, 6) is -0.184. The zero-order valence-electron chi connectivity index (χ0n) is 6.99. The van der Waals surface area contributed by atoms with Crippen LogP contribution in [0.2, 0.25) is 0 Å². The van der Waals surface area contributed by atoms with Crippen molar-refractivity contribution in [1.29, 1.82) is 0 Å². The topological polar surface area (TPSA) is 60.9 Å². The molecule has 0 aromatic rings. The lowest BCUT2D eigenvalue weighted by molar-refractivity contribution is -0.125. The van der Waals surface area contributed by atoms with Crippen molar-refractivity contribution >= 4 is 11.9 Å². The average Bonchev–Trinajstić information content (AvgIpc) is 2.29.